The molecule has 102 valence electrons. The van der Waals surface area contributed by atoms with E-state index in [1.165, 1.54) is 18.3 Å². The van der Waals surface area contributed by atoms with Gasteiger partial charge in [0.1, 0.15) is 5.75 Å². The van der Waals surface area contributed by atoms with E-state index in [1.54, 1.807) is 30.3 Å². The van der Waals surface area contributed by atoms with E-state index >= 15 is 0 Å². The lowest BCUT2D eigenvalue weighted by Crippen LogP contribution is -2.17. The van der Waals surface area contributed by atoms with Crippen LogP contribution in [0.15, 0.2) is 47.6 Å². The number of carbonyl (C=O) groups is 1. The Morgan fingerprint density at radius 1 is 1.15 bits per heavy atom. The number of para-hydroxylation sites is 1. The van der Waals surface area contributed by atoms with Gasteiger partial charge in [-0.3, -0.25) is 4.79 Å². The van der Waals surface area contributed by atoms with E-state index < -0.39 is 5.91 Å². The quantitative estimate of drug-likeness (QED) is 0.674. The molecule has 2 N–H and O–H groups in total. The van der Waals surface area contributed by atoms with Crippen molar-refractivity contribution in [3.63, 3.8) is 0 Å². The van der Waals surface area contributed by atoms with E-state index in [9.17, 15) is 9.90 Å². The molecule has 0 saturated carbocycles. The van der Waals surface area contributed by atoms with Crippen LogP contribution in [0.2, 0.25) is 10.0 Å². The third kappa shape index (κ3) is 3.29. The van der Waals surface area contributed by atoms with Crippen LogP contribution in [0.5, 0.6) is 5.75 Å². The largest absolute Gasteiger partial charge is 0.507 e. The fourth-order valence-electron chi connectivity index (χ4n) is 1.51. The first-order valence-corrected chi connectivity index (χ1v) is 6.40. The Labute approximate surface area is 125 Å². The number of phenols is 1. The van der Waals surface area contributed by atoms with Gasteiger partial charge in [-0.15, -0.1) is 0 Å². The fraction of sp³-hybridized carbons (Fsp3) is 0. The van der Waals surface area contributed by atoms with Gasteiger partial charge in [-0.25, -0.2) is 5.43 Å². The van der Waals surface area contributed by atoms with Crippen molar-refractivity contribution in [3.8, 4) is 5.75 Å². The highest BCUT2D eigenvalue weighted by Gasteiger charge is 2.08. The molecule has 0 heterocycles. The molecule has 0 saturated heterocycles. The summed E-state index contributed by atoms with van der Waals surface area (Å²) < 4.78 is 0. The maximum Gasteiger partial charge on any atom is 0.275 e. The predicted molar refractivity (Wildman–Crippen MR) is 79.6 cm³/mol. The smallest absolute Gasteiger partial charge is 0.275 e. The zero-order chi connectivity index (χ0) is 14.5. The lowest BCUT2D eigenvalue weighted by Gasteiger charge is -2.02. The molecular weight excluding hydrogens is 299 g/mol. The molecule has 0 aliphatic heterocycles. The molecule has 2 aromatic rings. The third-order valence-electron chi connectivity index (χ3n) is 2.50. The molecule has 0 aromatic heterocycles. The summed E-state index contributed by atoms with van der Waals surface area (Å²) in [7, 11) is 0. The van der Waals surface area contributed by atoms with Crippen LogP contribution in [-0.4, -0.2) is 17.2 Å². The molecule has 0 aliphatic carbocycles. The topological polar surface area (TPSA) is 61.7 Å². The summed E-state index contributed by atoms with van der Waals surface area (Å²) in [6.07, 6.45) is 1.38. The molecule has 1 amide bonds. The fourth-order valence-corrected chi connectivity index (χ4v) is 1.86. The Balaban J connectivity index is 2.09. The van der Waals surface area contributed by atoms with Gasteiger partial charge in [0.05, 0.1) is 21.8 Å². The molecular formula is C14H10Cl2N2O2. The van der Waals surface area contributed by atoms with Gasteiger partial charge in [0, 0.05) is 5.56 Å². The van der Waals surface area contributed by atoms with Crippen LogP contribution >= 0.6 is 23.2 Å². The van der Waals surface area contributed by atoms with Crippen LogP contribution in [0.25, 0.3) is 0 Å². The Hall–Kier alpha value is -2.04. The minimum absolute atomic E-state index is 0.110. The van der Waals surface area contributed by atoms with Gasteiger partial charge in [-0.1, -0.05) is 47.5 Å². The van der Waals surface area contributed by atoms with Crippen molar-refractivity contribution >= 4 is 35.3 Å². The van der Waals surface area contributed by atoms with Crippen LogP contribution in [0.3, 0.4) is 0 Å². The second kappa shape index (κ2) is 6.41. The molecule has 0 unspecified atom stereocenters. The van der Waals surface area contributed by atoms with Crippen LogP contribution in [-0.2, 0) is 0 Å². The highest BCUT2D eigenvalue weighted by Crippen LogP contribution is 2.24. The van der Waals surface area contributed by atoms with Gasteiger partial charge >= 0.3 is 0 Å². The van der Waals surface area contributed by atoms with E-state index in [-0.39, 0.29) is 11.3 Å². The maximum atomic E-state index is 11.8. The predicted octanol–water partition coefficient (Wildman–Crippen LogP) is 3.46. The van der Waals surface area contributed by atoms with Crippen molar-refractivity contribution in [2.24, 2.45) is 5.10 Å². The number of benzene rings is 2. The lowest BCUT2D eigenvalue weighted by atomic mass is 10.2. The summed E-state index contributed by atoms with van der Waals surface area (Å²) in [6.45, 7) is 0. The normalized spacial score (nSPS) is 10.7. The molecule has 4 nitrogen and oxygen atoms in total. The first-order valence-electron chi connectivity index (χ1n) is 5.65. The zero-order valence-electron chi connectivity index (χ0n) is 10.2. The number of rotatable bonds is 3. The molecule has 2 rings (SSSR count). The molecule has 0 bridgehead atoms. The molecule has 0 atom stereocenters. The van der Waals surface area contributed by atoms with Gasteiger partial charge in [0.15, 0.2) is 0 Å². The van der Waals surface area contributed by atoms with Crippen molar-refractivity contribution in [2.45, 2.75) is 0 Å². The molecule has 0 aliphatic rings. The number of carbonyl (C=O) groups excluding carboxylic acids is 1. The molecule has 0 radical (unpaired) electrons. The van der Waals surface area contributed by atoms with Gasteiger partial charge in [-0.2, -0.15) is 5.10 Å². The molecule has 0 spiro atoms. The number of halogens is 2. The summed E-state index contributed by atoms with van der Waals surface area (Å²) >= 11 is 11.8. The minimum Gasteiger partial charge on any atom is -0.507 e. The SMILES string of the molecule is O=C(N/N=C\c1cccc(Cl)c1Cl)c1ccccc1O. The number of amides is 1. The monoisotopic (exact) mass is 308 g/mol. The maximum absolute atomic E-state index is 11.8. The number of phenolic OH excluding ortho intramolecular Hbond substituents is 1. The summed E-state index contributed by atoms with van der Waals surface area (Å²) in [4.78, 5) is 11.8. The van der Waals surface area contributed by atoms with E-state index in [0.29, 0.717) is 15.6 Å². The summed E-state index contributed by atoms with van der Waals surface area (Å²) in [5, 5.41) is 14.1. The van der Waals surface area contributed by atoms with Crippen molar-refractivity contribution in [1.29, 1.82) is 0 Å². The number of hydrogen-bond acceptors (Lipinski definition) is 3. The Kier molecular flexibility index (Phi) is 4.61. The minimum atomic E-state index is -0.516. The number of nitrogens with zero attached hydrogens (tertiary/aromatic N) is 1. The van der Waals surface area contributed by atoms with Crippen LogP contribution in [0.4, 0.5) is 0 Å². The Bertz CT molecular complexity index is 672. The van der Waals surface area contributed by atoms with Crippen molar-refractivity contribution < 1.29 is 9.90 Å². The number of hydrazone groups is 1. The Morgan fingerprint density at radius 2 is 1.90 bits per heavy atom. The van der Waals surface area contributed by atoms with E-state index in [2.05, 4.69) is 10.5 Å². The zero-order valence-corrected chi connectivity index (χ0v) is 11.7. The van der Waals surface area contributed by atoms with Crippen LogP contribution in [0, 0.1) is 0 Å². The van der Waals surface area contributed by atoms with Gasteiger partial charge in [-0.05, 0) is 18.2 Å². The highest BCUT2D eigenvalue weighted by molar-refractivity contribution is 6.43. The summed E-state index contributed by atoms with van der Waals surface area (Å²) in [5.74, 6) is -0.626. The van der Waals surface area contributed by atoms with Gasteiger partial charge < -0.3 is 5.11 Å². The first kappa shape index (κ1) is 14.4. The molecule has 0 fully saturated rings. The second-order valence-electron chi connectivity index (χ2n) is 3.86. The van der Waals surface area contributed by atoms with Gasteiger partial charge in [0.2, 0.25) is 0 Å². The number of aromatic hydroxyl groups is 1. The summed E-state index contributed by atoms with van der Waals surface area (Å²) in [6, 6.07) is 11.3. The molecule has 20 heavy (non-hydrogen) atoms. The first-order chi connectivity index (χ1) is 9.59. The van der Waals surface area contributed by atoms with Crippen LogP contribution < -0.4 is 5.43 Å². The average molecular weight is 309 g/mol. The van der Waals surface area contributed by atoms with E-state index in [0.717, 1.165) is 0 Å². The van der Waals surface area contributed by atoms with E-state index in [4.69, 9.17) is 23.2 Å². The van der Waals surface area contributed by atoms with E-state index in [1.807, 2.05) is 0 Å². The Morgan fingerprint density at radius 3 is 2.65 bits per heavy atom. The van der Waals surface area contributed by atoms with Crippen molar-refractivity contribution in [3.05, 3.63) is 63.6 Å². The standard InChI is InChI=1S/C14H10Cl2N2O2/c15-11-6-3-4-9(13(11)16)8-17-18-14(20)10-5-1-2-7-12(10)19/h1-8,19H,(H,18,20)/b17-8-. The van der Waals surface area contributed by atoms with Crippen molar-refractivity contribution in [1.82, 2.24) is 5.43 Å². The van der Waals surface area contributed by atoms with Crippen LogP contribution in [0.1, 0.15) is 15.9 Å². The lowest BCUT2D eigenvalue weighted by molar-refractivity contribution is 0.0952. The average Bonchev–Trinajstić information content (AvgIpc) is 2.44. The third-order valence-corrected chi connectivity index (χ3v) is 3.33. The summed E-state index contributed by atoms with van der Waals surface area (Å²) in [5.41, 5.74) is 3.02. The molecule has 6 heteroatoms. The molecule has 2 aromatic carbocycles. The van der Waals surface area contributed by atoms with Crippen molar-refractivity contribution in [2.75, 3.05) is 0 Å². The highest BCUT2D eigenvalue weighted by atomic mass is 35.5. The number of nitrogens with one attached hydrogen (secondary N) is 1. The second-order valence-corrected chi connectivity index (χ2v) is 4.64. The number of hydrogen-bond donors (Lipinski definition) is 2. The van der Waals surface area contributed by atoms with Gasteiger partial charge in [0.25, 0.3) is 5.91 Å².